The number of ether oxygens (including phenoxy) is 2. The summed E-state index contributed by atoms with van der Waals surface area (Å²) in [7, 11) is 1.52. The van der Waals surface area contributed by atoms with Gasteiger partial charge in [-0.2, -0.15) is 0 Å². The van der Waals surface area contributed by atoms with E-state index in [1.807, 2.05) is 0 Å². The van der Waals surface area contributed by atoms with E-state index in [-0.39, 0.29) is 25.4 Å². The van der Waals surface area contributed by atoms with E-state index >= 15 is 0 Å². The van der Waals surface area contributed by atoms with Gasteiger partial charge in [-0.25, -0.2) is 0 Å². The quantitative estimate of drug-likeness (QED) is 0.719. The summed E-state index contributed by atoms with van der Waals surface area (Å²) in [6, 6.07) is 5.24. The van der Waals surface area contributed by atoms with Crippen LogP contribution in [0.15, 0.2) is 18.2 Å². The maximum Gasteiger partial charge on any atom is 0.306 e. The molecule has 1 aromatic heterocycles. The number of aliphatic hydroxyl groups excluding tert-OH is 1. The van der Waals surface area contributed by atoms with Gasteiger partial charge in [0.05, 0.1) is 24.5 Å². The van der Waals surface area contributed by atoms with Gasteiger partial charge in [-0.15, -0.1) is 11.3 Å². The Labute approximate surface area is 137 Å². The zero-order chi connectivity index (χ0) is 17.0. The SMILES string of the molecule is COc1cc2sc(C(=O)CC(C)C(=O)O)cc2cc1OCCO. The number of fused-ring (bicyclic) bond motifs is 1. The number of aliphatic carboxylic acids is 1. The molecular formula is C16H18O6S. The van der Waals surface area contributed by atoms with Crippen molar-refractivity contribution in [1.29, 1.82) is 0 Å². The third kappa shape index (κ3) is 4.00. The number of benzene rings is 1. The zero-order valence-electron chi connectivity index (χ0n) is 12.9. The lowest BCUT2D eigenvalue weighted by molar-refractivity contribution is -0.141. The Bertz CT molecular complexity index is 721. The first kappa shape index (κ1) is 17.2. The number of ketones is 1. The lowest BCUT2D eigenvalue weighted by Crippen LogP contribution is -2.13. The molecule has 2 N–H and O–H groups in total. The summed E-state index contributed by atoms with van der Waals surface area (Å²) < 4.78 is 11.5. The Morgan fingerprint density at radius 2 is 2.00 bits per heavy atom. The highest BCUT2D eigenvalue weighted by Gasteiger charge is 2.19. The van der Waals surface area contributed by atoms with Gasteiger partial charge in [0.15, 0.2) is 17.3 Å². The number of carbonyl (C=O) groups excluding carboxylic acids is 1. The van der Waals surface area contributed by atoms with Crippen molar-refractivity contribution in [3.05, 3.63) is 23.1 Å². The molecule has 1 aromatic carbocycles. The lowest BCUT2D eigenvalue weighted by atomic mass is 10.0. The molecule has 0 amide bonds. The summed E-state index contributed by atoms with van der Waals surface area (Å²) >= 11 is 1.29. The number of carboxylic acids is 1. The molecule has 0 aliphatic carbocycles. The zero-order valence-corrected chi connectivity index (χ0v) is 13.7. The van der Waals surface area contributed by atoms with Gasteiger partial charge in [0, 0.05) is 17.2 Å². The molecule has 0 radical (unpaired) electrons. The van der Waals surface area contributed by atoms with Gasteiger partial charge < -0.3 is 19.7 Å². The van der Waals surface area contributed by atoms with Crippen LogP contribution in [0, 0.1) is 5.92 Å². The molecule has 1 unspecified atom stereocenters. The monoisotopic (exact) mass is 338 g/mol. The number of hydrogen-bond donors (Lipinski definition) is 2. The molecule has 0 saturated heterocycles. The fraction of sp³-hybridized carbons (Fsp3) is 0.375. The molecular weight excluding hydrogens is 320 g/mol. The maximum atomic E-state index is 12.2. The van der Waals surface area contributed by atoms with Crippen molar-refractivity contribution < 1.29 is 29.3 Å². The Balaban J connectivity index is 2.30. The molecule has 6 nitrogen and oxygen atoms in total. The number of rotatable bonds is 8. The number of aliphatic hydroxyl groups is 1. The van der Waals surface area contributed by atoms with Crippen LogP contribution in [0.3, 0.4) is 0 Å². The van der Waals surface area contributed by atoms with E-state index in [2.05, 4.69) is 0 Å². The van der Waals surface area contributed by atoms with Crippen LogP contribution in [0.2, 0.25) is 0 Å². The summed E-state index contributed by atoms with van der Waals surface area (Å²) in [5.74, 6) is -0.889. The number of hydrogen-bond acceptors (Lipinski definition) is 6. The van der Waals surface area contributed by atoms with Gasteiger partial charge in [-0.05, 0) is 17.5 Å². The molecule has 2 rings (SSSR count). The summed E-state index contributed by atoms with van der Waals surface area (Å²) in [5.41, 5.74) is 0. The smallest absolute Gasteiger partial charge is 0.306 e. The largest absolute Gasteiger partial charge is 0.493 e. The van der Waals surface area contributed by atoms with Gasteiger partial charge in [0.25, 0.3) is 0 Å². The summed E-state index contributed by atoms with van der Waals surface area (Å²) in [6.07, 6.45) is -0.0346. The molecule has 0 aliphatic rings. The summed E-state index contributed by atoms with van der Waals surface area (Å²) in [5, 5.41) is 18.6. The van der Waals surface area contributed by atoms with Gasteiger partial charge in [-0.1, -0.05) is 6.92 Å². The first-order valence-electron chi connectivity index (χ1n) is 7.07. The number of Topliss-reactive ketones (excluding diaryl/α,β-unsaturated/α-hetero) is 1. The standard InChI is InChI=1S/C16H18O6S/c1-9(16(19)20)5-11(18)15-7-10-6-13(22-4-3-17)12(21-2)8-14(10)23-15/h6-9,17H,3-5H2,1-2H3,(H,19,20). The van der Waals surface area contributed by atoms with Crippen LogP contribution >= 0.6 is 11.3 Å². The van der Waals surface area contributed by atoms with Gasteiger partial charge in [-0.3, -0.25) is 9.59 Å². The molecule has 1 atom stereocenters. The second kappa shape index (κ2) is 7.43. The molecule has 1 heterocycles. The van der Waals surface area contributed by atoms with E-state index in [1.165, 1.54) is 25.4 Å². The molecule has 0 fully saturated rings. The fourth-order valence-electron chi connectivity index (χ4n) is 2.08. The number of thiophene rings is 1. The molecule has 124 valence electrons. The van der Waals surface area contributed by atoms with Crippen LogP contribution in [0.1, 0.15) is 23.0 Å². The Hall–Kier alpha value is -2.12. The van der Waals surface area contributed by atoms with E-state index in [9.17, 15) is 9.59 Å². The Morgan fingerprint density at radius 1 is 1.26 bits per heavy atom. The molecule has 0 saturated carbocycles. The molecule has 0 bridgehead atoms. The van der Waals surface area contributed by atoms with Crippen molar-refractivity contribution >= 4 is 33.2 Å². The van der Waals surface area contributed by atoms with Gasteiger partial charge in [0.1, 0.15) is 6.61 Å². The Morgan fingerprint density at radius 3 is 2.61 bits per heavy atom. The third-order valence-electron chi connectivity index (χ3n) is 3.34. The van der Waals surface area contributed by atoms with Crippen LogP contribution in [0.4, 0.5) is 0 Å². The van der Waals surface area contributed by atoms with E-state index < -0.39 is 11.9 Å². The van der Waals surface area contributed by atoms with Crippen LogP contribution < -0.4 is 9.47 Å². The first-order chi connectivity index (χ1) is 11.0. The van der Waals surface area contributed by atoms with Crippen molar-refractivity contribution in [2.75, 3.05) is 20.3 Å². The second-order valence-corrected chi connectivity index (χ2v) is 6.17. The number of carbonyl (C=O) groups is 2. The summed E-state index contributed by atoms with van der Waals surface area (Å²) in [6.45, 7) is 1.55. The fourth-order valence-corrected chi connectivity index (χ4v) is 3.10. The minimum Gasteiger partial charge on any atom is -0.493 e. The van der Waals surface area contributed by atoms with Crippen molar-refractivity contribution in [3.63, 3.8) is 0 Å². The molecule has 0 spiro atoms. The Kier molecular flexibility index (Phi) is 5.57. The van der Waals surface area contributed by atoms with E-state index in [1.54, 1.807) is 18.2 Å². The van der Waals surface area contributed by atoms with Crippen LogP contribution in [-0.2, 0) is 4.79 Å². The highest BCUT2D eigenvalue weighted by Crippen LogP contribution is 2.37. The van der Waals surface area contributed by atoms with Crippen molar-refractivity contribution in [3.8, 4) is 11.5 Å². The molecule has 2 aromatic rings. The normalized spacial score (nSPS) is 12.1. The van der Waals surface area contributed by atoms with Crippen LogP contribution in [0.5, 0.6) is 11.5 Å². The summed E-state index contributed by atoms with van der Waals surface area (Å²) in [4.78, 5) is 23.6. The maximum absolute atomic E-state index is 12.2. The molecule has 0 aliphatic heterocycles. The van der Waals surface area contributed by atoms with Gasteiger partial charge in [0.2, 0.25) is 0 Å². The number of methoxy groups -OCH3 is 1. The predicted octanol–water partition coefficient (Wildman–Crippen LogP) is 2.57. The predicted molar refractivity (Wildman–Crippen MR) is 86.7 cm³/mol. The van der Waals surface area contributed by atoms with Crippen molar-refractivity contribution in [1.82, 2.24) is 0 Å². The van der Waals surface area contributed by atoms with E-state index in [4.69, 9.17) is 19.7 Å². The highest BCUT2D eigenvalue weighted by atomic mass is 32.1. The minimum atomic E-state index is -0.985. The van der Waals surface area contributed by atoms with Crippen LogP contribution in [-0.4, -0.2) is 42.3 Å². The lowest BCUT2D eigenvalue weighted by Gasteiger charge is -2.09. The average molecular weight is 338 g/mol. The van der Waals surface area contributed by atoms with Crippen molar-refractivity contribution in [2.24, 2.45) is 5.92 Å². The third-order valence-corrected chi connectivity index (χ3v) is 4.48. The first-order valence-corrected chi connectivity index (χ1v) is 7.89. The topological polar surface area (TPSA) is 93.1 Å². The van der Waals surface area contributed by atoms with E-state index in [0.717, 1.165) is 10.1 Å². The van der Waals surface area contributed by atoms with Crippen LogP contribution in [0.25, 0.3) is 10.1 Å². The highest BCUT2D eigenvalue weighted by molar-refractivity contribution is 7.20. The second-order valence-electron chi connectivity index (χ2n) is 5.09. The number of carboxylic acid groups (broad SMARTS) is 1. The van der Waals surface area contributed by atoms with E-state index in [0.29, 0.717) is 16.4 Å². The molecule has 23 heavy (non-hydrogen) atoms. The minimum absolute atomic E-state index is 0.0346. The average Bonchev–Trinajstić information content (AvgIpc) is 2.94. The van der Waals surface area contributed by atoms with Gasteiger partial charge >= 0.3 is 5.97 Å². The van der Waals surface area contributed by atoms with Crippen molar-refractivity contribution in [2.45, 2.75) is 13.3 Å². The molecule has 7 heteroatoms.